The van der Waals surface area contributed by atoms with Crippen LogP contribution in [-0.2, 0) is 13.0 Å². The van der Waals surface area contributed by atoms with Crippen molar-refractivity contribution in [2.24, 2.45) is 0 Å². The Hall–Kier alpha value is -2.54. The van der Waals surface area contributed by atoms with Crippen LogP contribution in [0.1, 0.15) is 11.4 Å². The molecule has 102 valence electrons. The summed E-state index contributed by atoms with van der Waals surface area (Å²) < 4.78 is 4.68. The fourth-order valence-corrected chi connectivity index (χ4v) is 1.93. The van der Waals surface area contributed by atoms with Crippen LogP contribution in [0.5, 0.6) is 0 Å². The Bertz CT molecular complexity index is 634. The number of hydrogen-bond donors (Lipinski definition) is 2. The van der Waals surface area contributed by atoms with Gasteiger partial charge in [-0.3, -0.25) is 10.1 Å². The summed E-state index contributed by atoms with van der Waals surface area (Å²) in [6.07, 6.45) is 7.46. The standard InChI is InChI=1S/C13H14N6O/c1-2-10(6-14-4-1)13-11(8-17-18-13)7-15-5-3-12-16-9-20-19-12/h1-2,4,6,8-9,15H,3,5,7H2,(H,17,18). The van der Waals surface area contributed by atoms with Gasteiger partial charge in [0.15, 0.2) is 5.82 Å². The molecule has 0 unspecified atom stereocenters. The van der Waals surface area contributed by atoms with Crippen molar-refractivity contribution in [1.29, 1.82) is 0 Å². The minimum Gasteiger partial charge on any atom is -0.343 e. The monoisotopic (exact) mass is 270 g/mol. The lowest BCUT2D eigenvalue weighted by molar-refractivity contribution is 0.409. The molecular weight excluding hydrogens is 256 g/mol. The Morgan fingerprint density at radius 3 is 3.10 bits per heavy atom. The molecule has 0 aliphatic heterocycles. The van der Waals surface area contributed by atoms with E-state index >= 15 is 0 Å². The summed E-state index contributed by atoms with van der Waals surface area (Å²) in [7, 11) is 0. The van der Waals surface area contributed by atoms with Gasteiger partial charge in [-0.25, -0.2) is 0 Å². The molecule has 0 saturated heterocycles. The van der Waals surface area contributed by atoms with Crippen LogP contribution in [0.25, 0.3) is 11.3 Å². The third-order valence-corrected chi connectivity index (χ3v) is 2.92. The van der Waals surface area contributed by atoms with E-state index in [1.54, 1.807) is 6.20 Å². The Balaban J connectivity index is 1.57. The van der Waals surface area contributed by atoms with E-state index < -0.39 is 0 Å². The van der Waals surface area contributed by atoms with Crippen LogP contribution in [-0.4, -0.2) is 31.9 Å². The predicted octanol–water partition coefficient (Wildman–Crippen LogP) is 1.19. The molecule has 3 heterocycles. The second-order valence-electron chi connectivity index (χ2n) is 4.29. The maximum atomic E-state index is 4.68. The van der Waals surface area contributed by atoms with Crippen molar-refractivity contribution >= 4 is 0 Å². The molecule has 0 bridgehead atoms. The number of H-pyrrole nitrogens is 1. The van der Waals surface area contributed by atoms with Crippen LogP contribution in [0.2, 0.25) is 0 Å². The lowest BCUT2D eigenvalue weighted by Crippen LogP contribution is -2.17. The molecule has 0 amide bonds. The smallest absolute Gasteiger partial charge is 0.213 e. The van der Waals surface area contributed by atoms with Crippen molar-refractivity contribution in [3.63, 3.8) is 0 Å². The lowest BCUT2D eigenvalue weighted by atomic mass is 10.1. The van der Waals surface area contributed by atoms with Gasteiger partial charge in [-0.2, -0.15) is 10.1 Å². The van der Waals surface area contributed by atoms with Crippen molar-refractivity contribution in [3.8, 4) is 11.3 Å². The first kappa shape index (κ1) is 12.5. The molecular formula is C13H14N6O. The number of aromatic nitrogens is 5. The number of hydrogen-bond acceptors (Lipinski definition) is 6. The maximum absolute atomic E-state index is 4.68. The third kappa shape index (κ3) is 2.89. The molecule has 3 rings (SSSR count). The molecule has 2 N–H and O–H groups in total. The molecule has 0 aliphatic carbocycles. The van der Waals surface area contributed by atoms with E-state index in [0.717, 1.165) is 36.3 Å². The summed E-state index contributed by atoms with van der Waals surface area (Å²) in [6.45, 7) is 1.50. The van der Waals surface area contributed by atoms with Crippen LogP contribution in [0.15, 0.2) is 41.6 Å². The molecule has 3 aromatic rings. The van der Waals surface area contributed by atoms with E-state index in [2.05, 4.69) is 35.2 Å². The number of rotatable bonds is 6. The number of aromatic amines is 1. The van der Waals surface area contributed by atoms with E-state index in [4.69, 9.17) is 0 Å². The fourth-order valence-electron chi connectivity index (χ4n) is 1.93. The van der Waals surface area contributed by atoms with E-state index in [1.807, 2.05) is 24.5 Å². The van der Waals surface area contributed by atoms with Gasteiger partial charge >= 0.3 is 0 Å². The van der Waals surface area contributed by atoms with Gasteiger partial charge in [0.1, 0.15) is 0 Å². The summed E-state index contributed by atoms with van der Waals surface area (Å²) >= 11 is 0. The zero-order valence-electron chi connectivity index (χ0n) is 10.8. The van der Waals surface area contributed by atoms with Gasteiger partial charge in [-0.1, -0.05) is 5.16 Å². The summed E-state index contributed by atoms with van der Waals surface area (Å²) in [5.74, 6) is 0.706. The normalized spacial score (nSPS) is 10.8. The van der Waals surface area contributed by atoms with Crippen molar-refractivity contribution < 1.29 is 4.52 Å². The zero-order valence-corrected chi connectivity index (χ0v) is 10.8. The molecule has 0 saturated carbocycles. The molecule has 0 radical (unpaired) electrons. The highest BCUT2D eigenvalue weighted by atomic mass is 16.5. The highest BCUT2D eigenvalue weighted by Gasteiger charge is 2.07. The second-order valence-corrected chi connectivity index (χ2v) is 4.29. The van der Waals surface area contributed by atoms with Crippen LogP contribution >= 0.6 is 0 Å². The summed E-state index contributed by atoms with van der Waals surface area (Å²) in [6, 6.07) is 3.91. The first-order valence-corrected chi connectivity index (χ1v) is 6.32. The fraction of sp³-hybridized carbons (Fsp3) is 0.231. The number of pyridine rings is 1. The van der Waals surface area contributed by atoms with E-state index in [1.165, 1.54) is 6.39 Å². The van der Waals surface area contributed by atoms with E-state index in [9.17, 15) is 0 Å². The van der Waals surface area contributed by atoms with E-state index in [0.29, 0.717) is 5.82 Å². The molecule has 20 heavy (non-hydrogen) atoms. The zero-order chi connectivity index (χ0) is 13.6. The van der Waals surface area contributed by atoms with Crippen molar-refractivity contribution in [2.45, 2.75) is 13.0 Å². The molecule has 7 heteroatoms. The Kier molecular flexibility index (Phi) is 3.79. The topological polar surface area (TPSA) is 92.5 Å². The Morgan fingerprint density at radius 1 is 1.30 bits per heavy atom. The van der Waals surface area contributed by atoms with Gasteiger partial charge in [-0.05, 0) is 12.1 Å². The van der Waals surface area contributed by atoms with Crippen LogP contribution in [0.4, 0.5) is 0 Å². The van der Waals surface area contributed by atoms with Crippen LogP contribution < -0.4 is 5.32 Å². The molecule has 0 aliphatic rings. The molecule has 0 atom stereocenters. The molecule has 0 spiro atoms. The molecule has 3 aromatic heterocycles. The summed E-state index contributed by atoms with van der Waals surface area (Å²) in [5, 5.41) is 14.2. The Labute approximate surface area is 115 Å². The van der Waals surface area contributed by atoms with Gasteiger partial charge in [0.25, 0.3) is 0 Å². The highest BCUT2D eigenvalue weighted by molar-refractivity contribution is 5.61. The molecule has 0 aromatic carbocycles. The second kappa shape index (κ2) is 6.07. The maximum Gasteiger partial charge on any atom is 0.213 e. The minimum absolute atomic E-state index is 0.706. The van der Waals surface area contributed by atoms with Gasteiger partial charge < -0.3 is 9.84 Å². The lowest BCUT2D eigenvalue weighted by Gasteiger charge is -2.04. The largest absolute Gasteiger partial charge is 0.343 e. The van der Waals surface area contributed by atoms with Gasteiger partial charge in [0.2, 0.25) is 6.39 Å². The highest BCUT2D eigenvalue weighted by Crippen LogP contribution is 2.19. The van der Waals surface area contributed by atoms with Crippen molar-refractivity contribution in [3.05, 3.63) is 48.5 Å². The van der Waals surface area contributed by atoms with Gasteiger partial charge in [-0.15, -0.1) is 0 Å². The quantitative estimate of drug-likeness (QED) is 0.653. The summed E-state index contributed by atoms with van der Waals surface area (Å²) in [5.41, 5.74) is 3.12. The predicted molar refractivity (Wildman–Crippen MR) is 71.5 cm³/mol. The third-order valence-electron chi connectivity index (χ3n) is 2.92. The SMILES string of the molecule is c1cncc(-c2[nH]ncc2CNCCc2ncon2)c1. The van der Waals surface area contributed by atoms with Crippen LogP contribution in [0.3, 0.4) is 0 Å². The molecule has 0 fully saturated rings. The van der Waals surface area contributed by atoms with Crippen molar-refractivity contribution in [1.82, 2.24) is 30.6 Å². The van der Waals surface area contributed by atoms with Crippen LogP contribution in [0, 0.1) is 0 Å². The van der Waals surface area contributed by atoms with Crippen molar-refractivity contribution in [2.75, 3.05) is 6.54 Å². The first-order valence-electron chi connectivity index (χ1n) is 6.32. The van der Waals surface area contributed by atoms with Gasteiger partial charge in [0.05, 0.1) is 11.9 Å². The summed E-state index contributed by atoms with van der Waals surface area (Å²) in [4.78, 5) is 8.09. The Morgan fingerprint density at radius 2 is 2.30 bits per heavy atom. The number of nitrogens with zero attached hydrogens (tertiary/aromatic N) is 4. The number of nitrogens with one attached hydrogen (secondary N) is 2. The average molecular weight is 270 g/mol. The minimum atomic E-state index is 0.706. The first-order chi connectivity index (χ1) is 9.93. The van der Waals surface area contributed by atoms with E-state index in [-0.39, 0.29) is 0 Å². The molecule has 7 nitrogen and oxygen atoms in total. The van der Waals surface area contributed by atoms with Gasteiger partial charge in [0, 0.05) is 43.0 Å². The average Bonchev–Trinajstić information content (AvgIpc) is 3.16.